The predicted molar refractivity (Wildman–Crippen MR) is 99.5 cm³/mol. The number of benzene rings is 2. The maximum absolute atomic E-state index is 12.3. The molecule has 0 aromatic heterocycles. The van der Waals surface area contributed by atoms with Gasteiger partial charge in [-0.25, -0.2) is 0 Å². The molecule has 128 valence electrons. The Morgan fingerprint density at radius 2 is 1.75 bits per heavy atom. The summed E-state index contributed by atoms with van der Waals surface area (Å²) in [6, 6.07) is 15.4. The van der Waals surface area contributed by atoms with E-state index in [9.17, 15) is 4.79 Å². The van der Waals surface area contributed by atoms with Crippen molar-refractivity contribution in [3.05, 3.63) is 54.1 Å². The molecule has 0 spiro atoms. The van der Waals surface area contributed by atoms with Crippen molar-refractivity contribution in [1.29, 1.82) is 0 Å². The minimum absolute atomic E-state index is 0.197. The van der Waals surface area contributed by atoms with Crippen molar-refractivity contribution < 1.29 is 9.53 Å². The van der Waals surface area contributed by atoms with Gasteiger partial charge in [0.1, 0.15) is 5.75 Å². The third-order valence-electron chi connectivity index (χ3n) is 3.80. The number of nitrogens with one attached hydrogen (secondary N) is 1. The minimum atomic E-state index is 0.197. The Morgan fingerprint density at radius 3 is 2.46 bits per heavy atom. The predicted octanol–water partition coefficient (Wildman–Crippen LogP) is 4.35. The Labute approximate surface area is 144 Å². The number of rotatable bonds is 9. The van der Waals surface area contributed by atoms with E-state index < -0.39 is 0 Å². The molecule has 4 heteroatoms. The number of ether oxygens (including phenoxy) is 1. The van der Waals surface area contributed by atoms with Gasteiger partial charge in [-0.3, -0.25) is 4.79 Å². The molecule has 0 unspecified atom stereocenters. The summed E-state index contributed by atoms with van der Waals surface area (Å²) in [6.45, 7) is 1.02. The zero-order chi connectivity index (χ0) is 17.4. The lowest BCUT2D eigenvalue weighted by Crippen LogP contribution is -2.13. The Bertz CT molecular complexity index is 668. The van der Waals surface area contributed by atoms with Gasteiger partial charge in [0, 0.05) is 29.4 Å². The minimum Gasteiger partial charge on any atom is -0.497 e. The van der Waals surface area contributed by atoms with Crippen LogP contribution in [-0.4, -0.2) is 38.4 Å². The van der Waals surface area contributed by atoms with Crippen LogP contribution in [0.3, 0.4) is 0 Å². The van der Waals surface area contributed by atoms with Crippen LogP contribution in [0.4, 0.5) is 11.4 Å². The number of nitrogens with zero attached hydrogens (tertiary/aromatic N) is 1. The lowest BCUT2D eigenvalue weighted by Gasteiger charge is -2.10. The van der Waals surface area contributed by atoms with Crippen molar-refractivity contribution in [2.45, 2.75) is 19.3 Å². The number of hydrogen-bond acceptors (Lipinski definition) is 4. The van der Waals surface area contributed by atoms with Crippen LogP contribution < -0.4 is 10.1 Å². The van der Waals surface area contributed by atoms with Crippen molar-refractivity contribution in [2.75, 3.05) is 33.1 Å². The second kappa shape index (κ2) is 9.08. The first-order valence-electron chi connectivity index (χ1n) is 8.27. The molecule has 0 aliphatic carbocycles. The van der Waals surface area contributed by atoms with Crippen LogP contribution in [0.2, 0.25) is 0 Å². The van der Waals surface area contributed by atoms with Gasteiger partial charge in [-0.15, -0.1) is 0 Å². The molecule has 0 fully saturated rings. The largest absolute Gasteiger partial charge is 0.497 e. The van der Waals surface area contributed by atoms with E-state index in [0.29, 0.717) is 6.42 Å². The lowest BCUT2D eigenvalue weighted by atomic mass is 10.0. The normalized spacial score (nSPS) is 10.7. The summed E-state index contributed by atoms with van der Waals surface area (Å²) in [5.74, 6) is 0.996. The highest BCUT2D eigenvalue weighted by Gasteiger charge is 2.07. The van der Waals surface area contributed by atoms with E-state index in [0.717, 1.165) is 42.1 Å². The first kappa shape index (κ1) is 18.0. The number of anilines is 2. The molecule has 0 radical (unpaired) electrons. The van der Waals surface area contributed by atoms with Gasteiger partial charge < -0.3 is 15.0 Å². The molecule has 2 rings (SSSR count). The molecule has 0 aliphatic rings. The van der Waals surface area contributed by atoms with Crippen molar-refractivity contribution in [3.63, 3.8) is 0 Å². The Kier molecular flexibility index (Phi) is 6.82. The molecule has 24 heavy (non-hydrogen) atoms. The molecule has 1 N–H and O–H groups in total. The van der Waals surface area contributed by atoms with Gasteiger partial charge in [0.2, 0.25) is 0 Å². The van der Waals surface area contributed by atoms with Crippen LogP contribution in [0, 0.1) is 0 Å². The van der Waals surface area contributed by atoms with E-state index >= 15 is 0 Å². The van der Waals surface area contributed by atoms with Crippen molar-refractivity contribution in [2.24, 2.45) is 0 Å². The smallest absolute Gasteiger partial charge is 0.162 e. The van der Waals surface area contributed by atoms with Crippen LogP contribution in [0.25, 0.3) is 0 Å². The number of methoxy groups -OCH3 is 1. The molecular formula is C20H26N2O2. The number of carbonyl (C=O) groups excluding carboxylic acids is 1. The second-order valence-corrected chi connectivity index (χ2v) is 6.12. The molecule has 0 atom stereocenters. The Morgan fingerprint density at radius 1 is 1.04 bits per heavy atom. The summed E-state index contributed by atoms with van der Waals surface area (Å²) < 4.78 is 5.23. The Hall–Kier alpha value is -2.33. The van der Waals surface area contributed by atoms with Crippen molar-refractivity contribution >= 4 is 17.2 Å². The maximum Gasteiger partial charge on any atom is 0.162 e. The number of carbonyl (C=O) groups is 1. The number of hydrogen-bond donors (Lipinski definition) is 1. The summed E-state index contributed by atoms with van der Waals surface area (Å²) in [7, 11) is 5.75. The fourth-order valence-corrected chi connectivity index (χ4v) is 2.50. The van der Waals surface area contributed by atoms with Crippen LogP contribution in [0.15, 0.2) is 48.5 Å². The van der Waals surface area contributed by atoms with E-state index in [1.54, 1.807) is 7.11 Å². The topological polar surface area (TPSA) is 41.6 Å². The quantitative estimate of drug-likeness (QED) is 0.549. The van der Waals surface area contributed by atoms with Gasteiger partial charge in [-0.05, 0) is 57.7 Å². The lowest BCUT2D eigenvalue weighted by molar-refractivity contribution is 0.0978. The summed E-state index contributed by atoms with van der Waals surface area (Å²) in [4.78, 5) is 14.5. The van der Waals surface area contributed by atoms with Gasteiger partial charge in [-0.1, -0.05) is 18.2 Å². The molecule has 0 aliphatic heterocycles. The van der Waals surface area contributed by atoms with Gasteiger partial charge in [-0.2, -0.15) is 0 Å². The van der Waals surface area contributed by atoms with E-state index in [2.05, 4.69) is 24.3 Å². The monoisotopic (exact) mass is 326 g/mol. The van der Waals surface area contributed by atoms with Gasteiger partial charge in [0.05, 0.1) is 7.11 Å². The van der Waals surface area contributed by atoms with E-state index in [-0.39, 0.29) is 5.78 Å². The molecule has 4 nitrogen and oxygen atoms in total. The fraction of sp³-hybridized carbons (Fsp3) is 0.350. The van der Waals surface area contributed by atoms with Crippen LogP contribution in [0.5, 0.6) is 5.75 Å². The van der Waals surface area contributed by atoms with E-state index in [1.165, 1.54) is 0 Å². The highest BCUT2D eigenvalue weighted by molar-refractivity contribution is 5.97. The van der Waals surface area contributed by atoms with E-state index in [4.69, 9.17) is 4.74 Å². The average Bonchev–Trinajstić information content (AvgIpc) is 2.58. The van der Waals surface area contributed by atoms with Crippen molar-refractivity contribution in [3.8, 4) is 5.75 Å². The molecule has 0 amide bonds. The third-order valence-corrected chi connectivity index (χ3v) is 3.80. The van der Waals surface area contributed by atoms with E-state index in [1.807, 2.05) is 48.5 Å². The summed E-state index contributed by atoms with van der Waals surface area (Å²) >= 11 is 0. The third kappa shape index (κ3) is 5.70. The molecule has 0 saturated carbocycles. The van der Waals surface area contributed by atoms with Crippen LogP contribution in [0.1, 0.15) is 29.6 Å². The average molecular weight is 326 g/mol. The molecular weight excluding hydrogens is 300 g/mol. The first-order chi connectivity index (χ1) is 11.6. The van der Waals surface area contributed by atoms with Crippen molar-refractivity contribution in [1.82, 2.24) is 4.90 Å². The van der Waals surface area contributed by atoms with Gasteiger partial charge >= 0.3 is 0 Å². The standard InChI is InChI=1S/C20H26N2O2/c1-22(2)13-5-4-12-20(23)16-8-6-9-17(14-16)21-18-10-7-11-19(15-18)24-3/h6-11,14-15,21H,4-5,12-13H2,1-3H3. The number of unbranched alkanes of at least 4 members (excludes halogenated alkanes) is 1. The first-order valence-corrected chi connectivity index (χ1v) is 8.27. The van der Waals surface area contributed by atoms with Gasteiger partial charge in [0.15, 0.2) is 5.78 Å². The zero-order valence-electron chi connectivity index (χ0n) is 14.7. The second-order valence-electron chi connectivity index (χ2n) is 6.12. The molecule has 0 saturated heterocycles. The zero-order valence-corrected chi connectivity index (χ0v) is 14.7. The highest BCUT2D eigenvalue weighted by atomic mass is 16.5. The van der Waals surface area contributed by atoms with Crippen LogP contribution >= 0.6 is 0 Å². The van der Waals surface area contributed by atoms with Gasteiger partial charge in [0.25, 0.3) is 0 Å². The number of ketones is 1. The summed E-state index contributed by atoms with van der Waals surface area (Å²) in [5, 5.41) is 3.32. The number of Topliss-reactive ketones (excluding diaryl/α,β-unsaturated/α-hetero) is 1. The molecule has 2 aromatic carbocycles. The molecule has 2 aromatic rings. The molecule has 0 bridgehead atoms. The highest BCUT2D eigenvalue weighted by Crippen LogP contribution is 2.22. The Balaban J connectivity index is 1.96. The van der Waals surface area contributed by atoms with Crippen LogP contribution in [-0.2, 0) is 0 Å². The summed E-state index contributed by atoms with van der Waals surface area (Å²) in [6.07, 6.45) is 2.56. The molecule has 0 heterocycles. The maximum atomic E-state index is 12.3. The summed E-state index contributed by atoms with van der Waals surface area (Å²) in [5.41, 5.74) is 2.60. The fourth-order valence-electron chi connectivity index (χ4n) is 2.50. The SMILES string of the molecule is COc1cccc(Nc2cccc(C(=O)CCCCN(C)C)c2)c1.